The van der Waals surface area contributed by atoms with Gasteiger partial charge < -0.3 is 15.4 Å². The minimum atomic E-state index is -0.826. The van der Waals surface area contributed by atoms with Crippen LogP contribution in [0.5, 0.6) is 0 Å². The summed E-state index contributed by atoms with van der Waals surface area (Å²) < 4.78 is 4.58. The molecule has 0 spiro atoms. The van der Waals surface area contributed by atoms with Crippen LogP contribution in [0.1, 0.15) is 36.1 Å². The van der Waals surface area contributed by atoms with Gasteiger partial charge in [0.2, 0.25) is 0 Å². The first-order chi connectivity index (χ1) is 13.6. The van der Waals surface area contributed by atoms with E-state index in [1.807, 2.05) is 0 Å². The number of halogens is 2. The second kappa shape index (κ2) is 15.3. The molecule has 0 saturated heterocycles. The maximum atomic E-state index is 4.93. The van der Waals surface area contributed by atoms with E-state index in [-0.39, 0.29) is 0 Å². The molecule has 0 aromatic heterocycles. The first kappa shape index (κ1) is 25.5. The molecule has 0 atom stereocenters. The van der Waals surface area contributed by atoms with E-state index >= 15 is 0 Å². The molecule has 28 heavy (non-hydrogen) atoms. The minimum absolute atomic E-state index is 0.752. The van der Waals surface area contributed by atoms with Gasteiger partial charge in [-0.25, -0.2) is 0 Å². The molecular weight excluding hydrogens is 470 g/mol. The molecule has 3 nitrogen and oxygen atoms in total. The Balaban J connectivity index is 0.00000122. The molecule has 0 unspecified atom stereocenters. The van der Waals surface area contributed by atoms with Crippen LogP contribution in [0.2, 0.25) is 0 Å². The van der Waals surface area contributed by atoms with Crippen LogP contribution in [0, 0.1) is 13.8 Å². The molecule has 0 aliphatic rings. The fourth-order valence-corrected chi connectivity index (χ4v) is 3.04. The number of rotatable bonds is 10. The van der Waals surface area contributed by atoms with Gasteiger partial charge >= 0.3 is 37.9 Å². The summed E-state index contributed by atoms with van der Waals surface area (Å²) in [5, 5.41) is 9.50. The Labute approximate surface area is 189 Å². The van der Waals surface area contributed by atoms with Gasteiger partial charge in [0.1, 0.15) is 13.2 Å². The summed E-state index contributed by atoms with van der Waals surface area (Å²) in [7, 11) is 9.87. The van der Waals surface area contributed by atoms with Gasteiger partial charge in [-0.2, -0.15) is 0 Å². The molecule has 0 amide bonds. The number of ether oxygens (including phenoxy) is 1. The molecule has 2 aromatic carbocycles. The Morgan fingerprint density at radius 3 is 1.54 bits per heavy atom. The van der Waals surface area contributed by atoms with E-state index in [2.05, 4.69) is 68.8 Å². The van der Waals surface area contributed by atoms with Crippen molar-refractivity contribution in [2.45, 2.75) is 40.5 Å². The Bertz CT molecular complexity index is 641. The second-order valence-corrected chi connectivity index (χ2v) is 10.1. The van der Waals surface area contributed by atoms with Gasteiger partial charge in [0.25, 0.3) is 0 Å². The number of hydrogen-bond donors (Lipinski definition) is 0. The molecule has 154 valence electrons. The van der Waals surface area contributed by atoms with Crippen LogP contribution in [0.25, 0.3) is 10.6 Å². The molecule has 0 fully saturated rings. The van der Waals surface area contributed by atoms with Crippen LogP contribution in [-0.2, 0) is 33.7 Å². The second-order valence-electron chi connectivity index (χ2n) is 6.38. The quantitative estimate of drug-likeness (QED) is 0.247. The zero-order valence-corrected chi connectivity index (χ0v) is 21.3. The van der Waals surface area contributed by atoms with Crippen molar-refractivity contribution >= 4 is 28.4 Å². The maximum absolute atomic E-state index is 4.93. The average Bonchev–Trinajstić information content (AvgIpc) is 2.69. The summed E-state index contributed by atoms with van der Waals surface area (Å²) in [5.74, 6) is 0. The van der Waals surface area contributed by atoms with Gasteiger partial charge in [0.05, 0.1) is 0 Å². The molecule has 2 aromatic rings. The van der Waals surface area contributed by atoms with E-state index in [0.29, 0.717) is 0 Å². The van der Waals surface area contributed by atoms with Crippen molar-refractivity contribution in [3.63, 3.8) is 0 Å². The molecule has 0 radical (unpaired) electrons. The van der Waals surface area contributed by atoms with E-state index < -0.39 is 20.8 Å². The summed E-state index contributed by atoms with van der Waals surface area (Å²) >= 11 is -0.826. The van der Waals surface area contributed by atoms with Crippen LogP contribution in [0.15, 0.2) is 36.4 Å². The van der Waals surface area contributed by atoms with Crippen LogP contribution in [0.4, 0.5) is 11.4 Å². The number of hydrogen-bond acceptors (Lipinski definition) is 0. The Kier molecular flexibility index (Phi) is 14.0. The molecule has 0 aliphatic heterocycles. The molecule has 6 heteroatoms. The van der Waals surface area contributed by atoms with Gasteiger partial charge in [-0.3, -0.25) is 0 Å². The van der Waals surface area contributed by atoms with Gasteiger partial charge in [-0.1, -0.05) is 85.6 Å². The third-order valence-corrected chi connectivity index (χ3v) is 4.46. The fourth-order valence-electron chi connectivity index (χ4n) is 3.04. The molecule has 2 rings (SSSR count). The van der Waals surface area contributed by atoms with Crippen LogP contribution >= 0.6 is 17.0 Å². The van der Waals surface area contributed by atoms with Crippen molar-refractivity contribution in [1.29, 1.82) is 0 Å². The van der Waals surface area contributed by atoms with Gasteiger partial charge in [0.15, 0.2) is 0 Å². The molecule has 0 aliphatic carbocycles. The van der Waals surface area contributed by atoms with E-state index in [1.165, 1.54) is 22.3 Å². The predicted molar refractivity (Wildman–Crippen MR) is 121 cm³/mol. The summed E-state index contributed by atoms with van der Waals surface area (Å²) in [6, 6.07) is 12.8. The molecule has 0 bridgehead atoms. The van der Waals surface area contributed by atoms with Crippen molar-refractivity contribution in [2.75, 3.05) is 26.3 Å². The van der Waals surface area contributed by atoms with Crippen molar-refractivity contribution in [3.8, 4) is 0 Å². The standard InChI is InChI=1S/C22H30N2O.2ClH.Zr/c1-5-19-11-7-9-17(3)21(19)23-13-15-25-16-14-24-22-18(4)10-8-12-20(22)6-2;;;/h7-12H,5-6,13-16H2,1-4H3;2*1H;/q-2;;;+2/p-1. The Hall–Kier alpha value is -0.537. The summed E-state index contributed by atoms with van der Waals surface area (Å²) in [6.07, 6.45) is 2.04. The third-order valence-electron chi connectivity index (χ3n) is 4.46. The van der Waals surface area contributed by atoms with Gasteiger partial charge in [-0.15, -0.1) is 11.4 Å². The molecule has 0 heterocycles. The van der Waals surface area contributed by atoms with E-state index in [1.54, 1.807) is 0 Å². The number of aliphatic hydroxyl groups is 2. The van der Waals surface area contributed by atoms with Gasteiger partial charge in [0, 0.05) is 0 Å². The number of para-hydroxylation sites is 2. The molecule has 1 N–H and O–H groups in total. The van der Waals surface area contributed by atoms with E-state index in [0.717, 1.165) is 50.5 Å². The van der Waals surface area contributed by atoms with Crippen LogP contribution in [-0.4, -0.2) is 31.0 Å². The zero-order chi connectivity index (χ0) is 20.8. The normalized spacial score (nSPS) is 10.1. The van der Waals surface area contributed by atoms with E-state index in [9.17, 15) is 0 Å². The Morgan fingerprint density at radius 1 is 0.786 bits per heavy atom. The molecular formula is C22H31Cl2N2OZr-. The van der Waals surface area contributed by atoms with Crippen LogP contribution < -0.4 is 0 Å². The Morgan fingerprint density at radius 2 is 1.18 bits per heavy atom. The van der Waals surface area contributed by atoms with Gasteiger partial charge in [-0.05, 0) is 26.7 Å². The van der Waals surface area contributed by atoms with Crippen molar-refractivity contribution < 1.29 is 25.6 Å². The number of aryl methyl sites for hydroxylation is 4. The van der Waals surface area contributed by atoms with Crippen molar-refractivity contribution in [1.82, 2.24) is 0 Å². The van der Waals surface area contributed by atoms with Crippen molar-refractivity contribution in [3.05, 3.63) is 69.3 Å². The fraction of sp³-hybridized carbons (Fsp3) is 0.455. The first-order valence-electron chi connectivity index (χ1n) is 9.70. The monoisotopic (exact) mass is 499 g/mol. The van der Waals surface area contributed by atoms with Crippen molar-refractivity contribution in [2.24, 2.45) is 0 Å². The number of benzene rings is 2. The van der Waals surface area contributed by atoms with Crippen LogP contribution in [0.3, 0.4) is 0 Å². The third kappa shape index (κ3) is 8.86. The molecule has 0 saturated carbocycles. The average molecular weight is 502 g/mol. The topological polar surface area (TPSA) is 41.0 Å². The number of nitrogens with zero attached hydrogens (tertiary/aromatic N) is 2. The summed E-state index contributed by atoms with van der Waals surface area (Å²) in [4.78, 5) is 0. The van der Waals surface area contributed by atoms with E-state index in [4.69, 9.17) is 27.7 Å². The summed E-state index contributed by atoms with van der Waals surface area (Å²) in [5.41, 5.74) is 7.44. The SMILES string of the molecule is CCc1cccc(C)c1[N-]CC[OH+]CC[N-]c1c(C)cccc1CC.[Cl][Zr][Cl]. The predicted octanol–water partition coefficient (Wildman–Crippen LogP) is 7.04. The first-order valence-corrected chi connectivity index (χ1v) is 16.0. The summed E-state index contributed by atoms with van der Waals surface area (Å²) in [6.45, 7) is 11.6. The zero-order valence-electron chi connectivity index (χ0n) is 17.3.